The molecule has 1 aromatic carbocycles. The van der Waals surface area contributed by atoms with Gasteiger partial charge in [0.15, 0.2) is 0 Å². The first kappa shape index (κ1) is 11.6. The van der Waals surface area contributed by atoms with Crippen molar-refractivity contribution in [2.75, 3.05) is 7.11 Å². The molecule has 1 heterocycles. The van der Waals surface area contributed by atoms with Crippen LogP contribution in [0.4, 0.5) is 0 Å². The number of nitrogens with one attached hydrogen (secondary N) is 1. The fraction of sp³-hybridized carbons (Fsp3) is 0.154. The summed E-state index contributed by atoms with van der Waals surface area (Å²) in [6.45, 7) is 0. The van der Waals surface area contributed by atoms with Crippen LogP contribution < -0.4 is 16.0 Å². The number of nitrogens with two attached hydrogens (primary N) is 1. The Morgan fingerprint density at radius 2 is 1.88 bits per heavy atom. The molecular weight excluding hydrogens is 214 g/mol. The Morgan fingerprint density at radius 3 is 2.53 bits per heavy atom. The molecule has 0 bridgehead atoms. The molecule has 0 saturated heterocycles. The van der Waals surface area contributed by atoms with Crippen molar-refractivity contribution in [1.82, 2.24) is 10.4 Å². The summed E-state index contributed by atoms with van der Waals surface area (Å²) >= 11 is 0. The average Bonchev–Trinajstić information content (AvgIpc) is 2.41. The van der Waals surface area contributed by atoms with E-state index in [4.69, 9.17) is 10.6 Å². The number of nitrogens with zero attached hydrogens (tertiary/aromatic N) is 1. The van der Waals surface area contributed by atoms with Gasteiger partial charge in [-0.05, 0) is 23.8 Å². The number of pyridine rings is 1. The topological polar surface area (TPSA) is 60.2 Å². The zero-order valence-corrected chi connectivity index (χ0v) is 9.63. The molecule has 0 radical (unpaired) electrons. The number of aromatic nitrogens is 1. The molecule has 0 aliphatic heterocycles. The largest absolute Gasteiger partial charge is 0.496 e. The summed E-state index contributed by atoms with van der Waals surface area (Å²) in [7, 11) is 1.65. The molecule has 0 fully saturated rings. The van der Waals surface area contributed by atoms with Crippen LogP contribution in [-0.4, -0.2) is 12.1 Å². The minimum absolute atomic E-state index is 0.103. The molecular formula is C13H15N3O. The van der Waals surface area contributed by atoms with Crippen LogP contribution in [0.5, 0.6) is 5.75 Å². The molecule has 1 aromatic heterocycles. The van der Waals surface area contributed by atoms with Gasteiger partial charge in [0.05, 0.1) is 13.2 Å². The van der Waals surface area contributed by atoms with Gasteiger partial charge in [0.1, 0.15) is 5.75 Å². The highest BCUT2D eigenvalue weighted by atomic mass is 16.5. The second kappa shape index (κ2) is 5.43. The van der Waals surface area contributed by atoms with Gasteiger partial charge in [-0.25, -0.2) is 5.43 Å². The van der Waals surface area contributed by atoms with Crippen LogP contribution in [0, 0.1) is 0 Å². The van der Waals surface area contributed by atoms with Crippen molar-refractivity contribution in [2.45, 2.75) is 6.04 Å². The molecule has 0 aliphatic rings. The van der Waals surface area contributed by atoms with E-state index in [0.717, 1.165) is 16.9 Å². The van der Waals surface area contributed by atoms with Gasteiger partial charge in [0, 0.05) is 18.0 Å². The normalized spacial score (nSPS) is 12.1. The number of ether oxygens (including phenoxy) is 1. The minimum atomic E-state index is -0.103. The van der Waals surface area contributed by atoms with Crippen LogP contribution in [0.3, 0.4) is 0 Å². The van der Waals surface area contributed by atoms with Gasteiger partial charge in [-0.3, -0.25) is 10.8 Å². The van der Waals surface area contributed by atoms with Crippen LogP contribution in [0.2, 0.25) is 0 Å². The van der Waals surface area contributed by atoms with Crippen molar-refractivity contribution in [3.05, 3.63) is 59.9 Å². The lowest BCUT2D eigenvalue weighted by Crippen LogP contribution is -2.29. The van der Waals surface area contributed by atoms with E-state index in [1.165, 1.54) is 0 Å². The van der Waals surface area contributed by atoms with Crippen molar-refractivity contribution in [3.8, 4) is 5.75 Å². The Bertz CT molecular complexity index is 473. The van der Waals surface area contributed by atoms with E-state index in [9.17, 15) is 0 Å². The lowest BCUT2D eigenvalue weighted by Gasteiger charge is -2.19. The summed E-state index contributed by atoms with van der Waals surface area (Å²) in [6.07, 6.45) is 3.49. The van der Waals surface area contributed by atoms with E-state index in [0.29, 0.717) is 0 Å². The molecule has 4 nitrogen and oxygen atoms in total. The van der Waals surface area contributed by atoms with Gasteiger partial charge in [-0.2, -0.15) is 0 Å². The molecule has 0 saturated carbocycles. The Labute approximate surface area is 100 Å². The van der Waals surface area contributed by atoms with Crippen LogP contribution in [0.1, 0.15) is 17.2 Å². The molecule has 2 aromatic rings. The third-order valence-corrected chi connectivity index (χ3v) is 2.66. The van der Waals surface area contributed by atoms with E-state index in [1.807, 2.05) is 36.4 Å². The zero-order chi connectivity index (χ0) is 12.1. The maximum absolute atomic E-state index is 5.63. The number of hydrogen-bond donors (Lipinski definition) is 2. The fourth-order valence-electron chi connectivity index (χ4n) is 1.83. The molecule has 0 aliphatic carbocycles. The van der Waals surface area contributed by atoms with Crippen LogP contribution in [-0.2, 0) is 0 Å². The molecule has 1 unspecified atom stereocenters. The van der Waals surface area contributed by atoms with Gasteiger partial charge in [0.25, 0.3) is 0 Å². The Kier molecular flexibility index (Phi) is 3.69. The number of rotatable bonds is 4. The third-order valence-electron chi connectivity index (χ3n) is 2.66. The molecule has 17 heavy (non-hydrogen) atoms. The third kappa shape index (κ3) is 2.43. The summed E-state index contributed by atoms with van der Waals surface area (Å²) in [5.41, 5.74) is 4.85. The molecule has 1 atom stereocenters. The molecule has 4 heteroatoms. The second-order valence-corrected chi connectivity index (χ2v) is 3.62. The van der Waals surface area contributed by atoms with E-state index in [-0.39, 0.29) is 6.04 Å². The van der Waals surface area contributed by atoms with Gasteiger partial charge >= 0.3 is 0 Å². The Balaban J connectivity index is 2.42. The molecule has 2 rings (SSSR count). The molecule has 0 spiro atoms. The Morgan fingerprint density at radius 1 is 1.18 bits per heavy atom. The number of hydrogen-bond acceptors (Lipinski definition) is 4. The van der Waals surface area contributed by atoms with Crippen molar-refractivity contribution in [1.29, 1.82) is 0 Å². The van der Waals surface area contributed by atoms with Crippen LogP contribution >= 0.6 is 0 Å². The van der Waals surface area contributed by atoms with Gasteiger partial charge < -0.3 is 4.74 Å². The van der Waals surface area contributed by atoms with Gasteiger partial charge in [-0.15, -0.1) is 0 Å². The second-order valence-electron chi connectivity index (χ2n) is 3.62. The SMILES string of the molecule is COc1ccccc1C(NN)c1ccncc1. The lowest BCUT2D eigenvalue weighted by atomic mass is 9.99. The van der Waals surface area contributed by atoms with Crippen LogP contribution in [0.25, 0.3) is 0 Å². The fourth-order valence-corrected chi connectivity index (χ4v) is 1.83. The smallest absolute Gasteiger partial charge is 0.124 e. The van der Waals surface area contributed by atoms with Crippen molar-refractivity contribution in [3.63, 3.8) is 0 Å². The van der Waals surface area contributed by atoms with Gasteiger partial charge in [0.2, 0.25) is 0 Å². The summed E-state index contributed by atoms with van der Waals surface area (Å²) in [4.78, 5) is 4.00. The summed E-state index contributed by atoms with van der Waals surface area (Å²) in [5.74, 6) is 6.45. The zero-order valence-electron chi connectivity index (χ0n) is 9.63. The number of benzene rings is 1. The maximum Gasteiger partial charge on any atom is 0.124 e. The molecule has 0 amide bonds. The quantitative estimate of drug-likeness (QED) is 0.618. The number of methoxy groups -OCH3 is 1. The summed E-state index contributed by atoms with van der Waals surface area (Å²) in [5, 5.41) is 0. The van der Waals surface area contributed by atoms with Gasteiger partial charge in [-0.1, -0.05) is 18.2 Å². The molecule has 88 valence electrons. The average molecular weight is 229 g/mol. The van der Waals surface area contributed by atoms with E-state index in [1.54, 1.807) is 19.5 Å². The van der Waals surface area contributed by atoms with Crippen molar-refractivity contribution < 1.29 is 4.74 Å². The highest BCUT2D eigenvalue weighted by Gasteiger charge is 2.15. The first-order chi connectivity index (χ1) is 8.36. The Hall–Kier alpha value is -1.91. The van der Waals surface area contributed by atoms with E-state index in [2.05, 4.69) is 10.4 Å². The van der Waals surface area contributed by atoms with Crippen molar-refractivity contribution >= 4 is 0 Å². The summed E-state index contributed by atoms with van der Waals surface area (Å²) in [6, 6.07) is 11.6. The number of hydrazine groups is 1. The predicted octanol–water partition coefficient (Wildman–Crippen LogP) is 1.64. The van der Waals surface area contributed by atoms with Crippen molar-refractivity contribution in [2.24, 2.45) is 5.84 Å². The maximum atomic E-state index is 5.63. The first-order valence-electron chi connectivity index (χ1n) is 5.35. The summed E-state index contributed by atoms with van der Waals surface area (Å²) < 4.78 is 5.34. The van der Waals surface area contributed by atoms with Crippen LogP contribution in [0.15, 0.2) is 48.8 Å². The lowest BCUT2D eigenvalue weighted by molar-refractivity contribution is 0.404. The van der Waals surface area contributed by atoms with E-state index >= 15 is 0 Å². The highest BCUT2D eigenvalue weighted by molar-refractivity contribution is 5.40. The number of para-hydroxylation sites is 1. The predicted molar refractivity (Wildman–Crippen MR) is 66.4 cm³/mol. The standard InChI is InChI=1S/C13H15N3O/c1-17-12-5-3-2-4-11(12)13(16-14)10-6-8-15-9-7-10/h2-9,13,16H,14H2,1H3. The first-order valence-corrected chi connectivity index (χ1v) is 5.35. The minimum Gasteiger partial charge on any atom is -0.496 e. The highest BCUT2D eigenvalue weighted by Crippen LogP contribution is 2.28. The van der Waals surface area contributed by atoms with E-state index < -0.39 is 0 Å². The monoisotopic (exact) mass is 229 g/mol. The molecule has 3 N–H and O–H groups in total.